The molecule has 1 heterocycles. The summed E-state index contributed by atoms with van der Waals surface area (Å²) in [5.41, 5.74) is 0. The Morgan fingerprint density at radius 2 is 1.50 bits per heavy atom. The number of nitrogens with one attached hydrogen (secondary N) is 1. The number of aryl methyl sites for hydroxylation is 2. The van der Waals surface area contributed by atoms with Crippen molar-refractivity contribution in [1.82, 2.24) is 15.0 Å². The molecule has 4 heteroatoms. The van der Waals surface area contributed by atoms with Crippen molar-refractivity contribution in [2.24, 2.45) is 0 Å². The molecule has 1 N–H and O–H groups in total. The first-order chi connectivity index (χ1) is 6.65. The summed E-state index contributed by atoms with van der Waals surface area (Å²) in [7, 11) is 0. The quantitative estimate of drug-likeness (QED) is 0.794. The Hall–Kier alpha value is -1.19. The lowest BCUT2D eigenvalue weighted by Crippen LogP contribution is -2.15. The van der Waals surface area contributed by atoms with Crippen LogP contribution in [-0.2, 0) is 12.8 Å². The molecule has 0 saturated carbocycles. The van der Waals surface area contributed by atoms with Crippen molar-refractivity contribution in [2.45, 2.75) is 46.6 Å². The van der Waals surface area contributed by atoms with Crippen LogP contribution in [0.4, 0.5) is 5.95 Å². The van der Waals surface area contributed by atoms with E-state index >= 15 is 0 Å². The molecule has 1 rings (SSSR count). The van der Waals surface area contributed by atoms with Gasteiger partial charge >= 0.3 is 0 Å². The summed E-state index contributed by atoms with van der Waals surface area (Å²) >= 11 is 0. The lowest BCUT2D eigenvalue weighted by molar-refractivity contribution is 0.800. The molecule has 0 aromatic carbocycles. The summed E-state index contributed by atoms with van der Waals surface area (Å²) < 4.78 is 0. The monoisotopic (exact) mass is 194 g/mol. The first-order valence-corrected chi connectivity index (χ1v) is 5.16. The number of anilines is 1. The maximum absolute atomic E-state index is 4.32. The maximum atomic E-state index is 4.32. The van der Waals surface area contributed by atoms with Gasteiger partial charge < -0.3 is 5.32 Å². The van der Waals surface area contributed by atoms with Gasteiger partial charge in [-0.3, -0.25) is 0 Å². The molecule has 1 aromatic rings. The minimum atomic E-state index is 0.354. The van der Waals surface area contributed by atoms with Gasteiger partial charge in [-0.2, -0.15) is 9.97 Å². The molecule has 0 aliphatic carbocycles. The molecule has 4 nitrogen and oxygen atoms in total. The van der Waals surface area contributed by atoms with E-state index in [0.29, 0.717) is 12.0 Å². The zero-order valence-corrected chi connectivity index (χ0v) is 9.33. The SMILES string of the molecule is CCc1nc(CC)nc(NC(C)C)n1. The minimum absolute atomic E-state index is 0.354. The predicted molar refractivity (Wildman–Crippen MR) is 57.3 cm³/mol. The van der Waals surface area contributed by atoms with Crippen molar-refractivity contribution < 1.29 is 0 Å². The van der Waals surface area contributed by atoms with Gasteiger partial charge in [0.05, 0.1) is 0 Å². The van der Waals surface area contributed by atoms with Gasteiger partial charge in [-0.25, -0.2) is 4.98 Å². The average molecular weight is 194 g/mol. The Kier molecular flexibility index (Phi) is 3.80. The predicted octanol–water partition coefficient (Wildman–Crippen LogP) is 1.82. The summed E-state index contributed by atoms with van der Waals surface area (Å²) in [5, 5.41) is 3.19. The Balaban J connectivity index is 2.92. The fourth-order valence-electron chi connectivity index (χ4n) is 1.11. The van der Waals surface area contributed by atoms with Crippen molar-refractivity contribution in [2.75, 3.05) is 5.32 Å². The van der Waals surface area contributed by atoms with Crippen LogP contribution in [0.2, 0.25) is 0 Å². The Morgan fingerprint density at radius 3 is 1.86 bits per heavy atom. The lowest BCUT2D eigenvalue weighted by Gasteiger charge is -2.09. The highest BCUT2D eigenvalue weighted by molar-refractivity contribution is 5.25. The first-order valence-electron chi connectivity index (χ1n) is 5.16. The Labute approximate surface area is 85.2 Å². The molecule has 0 unspecified atom stereocenters. The van der Waals surface area contributed by atoms with Crippen LogP contribution in [0.3, 0.4) is 0 Å². The largest absolute Gasteiger partial charge is 0.352 e. The molecule has 0 amide bonds. The smallest absolute Gasteiger partial charge is 0.226 e. The topological polar surface area (TPSA) is 50.7 Å². The van der Waals surface area contributed by atoms with E-state index in [1.165, 1.54) is 0 Å². The fraction of sp³-hybridized carbons (Fsp3) is 0.700. The molecule has 14 heavy (non-hydrogen) atoms. The van der Waals surface area contributed by atoms with Gasteiger partial charge in [0.15, 0.2) is 0 Å². The molecule has 0 aliphatic heterocycles. The molecule has 78 valence electrons. The highest BCUT2D eigenvalue weighted by atomic mass is 15.2. The van der Waals surface area contributed by atoms with Crippen LogP contribution in [0.1, 0.15) is 39.3 Å². The van der Waals surface area contributed by atoms with E-state index in [1.54, 1.807) is 0 Å². The molecule has 0 spiro atoms. The van der Waals surface area contributed by atoms with E-state index in [9.17, 15) is 0 Å². The van der Waals surface area contributed by atoms with Gasteiger partial charge in [0.2, 0.25) is 5.95 Å². The van der Waals surface area contributed by atoms with Gasteiger partial charge in [-0.05, 0) is 13.8 Å². The second kappa shape index (κ2) is 4.88. The van der Waals surface area contributed by atoms with E-state index in [2.05, 4.69) is 34.1 Å². The lowest BCUT2D eigenvalue weighted by atomic mass is 10.4. The van der Waals surface area contributed by atoms with Gasteiger partial charge in [0.25, 0.3) is 0 Å². The van der Waals surface area contributed by atoms with Crippen molar-refractivity contribution >= 4 is 5.95 Å². The zero-order chi connectivity index (χ0) is 10.6. The summed E-state index contributed by atoms with van der Waals surface area (Å²) in [6.07, 6.45) is 1.70. The van der Waals surface area contributed by atoms with E-state index < -0.39 is 0 Å². The van der Waals surface area contributed by atoms with Crippen molar-refractivity contribution in [3.8, 4) is 0 Å². The summed E-state index contributed by atoms with van der Waals surface area (Å²) in [6.45, 7) is 8.24. The van der Waals surface area contributed by atoms with Crippen LogP contribution in [0.25, 0.3) is 0 Å². The second-order valence-electron chi connectivity index (χ2n) is 3.50. The Bertz CT molecular complexity index is 274. The van der Waals surface area contributed by atoms with E-state index in [4.69, 9.17) is 0 Å². The van der Waals surface area contributed by atoms with Crippen LogP contribution in [-0.4, -0.2) is 21.0 Å². The van der Waals surface area contributed by atoms with Crippen LogP contribution in [0.15, 0.2) is 0 Å². The molecule has 0 atom stereocenters. The third kappa shape index (κ3) is 2.94. The summed E-state index contributed by atoms with van der Waals surface area (Å²) in [4.78, 5) is 12.9. The highest BCUT2D eigenvalue weighted by Gasteiger charge is 2.04. The van der Waals surface area contributed by atoms with Crippen LogP contribution < -0.4 is 5.32 Å². The highest BCUT2D eigenvalue weighted by Crippen LogP contribution is 2.04. The second-order valence-corrected chi connectivity index (χ2v) is 3.50. The third-order valence-electron chi connectivity index (χ3n) is 1.78. The molecular weight excluding hydrogens is 176 g/mol. The van der Waals surface area contributed by atoms with E-state index in [1.807, 2.05) is 13.8 Å². The first kappa shape index (κ1) is 10.9. The Morgan fingerprint density at radius 1 is 1.00 bits per heavy atom. The van der Waals surface area contributed by atoms with Gasteiger partial charge in [-0.15, -0.1) is 0 Å². The van der Waals surface area contributed by atoms with Crippen molar-refractivity contribution in [1.29, 1.82) is 0 Å². The number of hydrogen-bond donors (Lipinski definition) is 1. The van der Waals surface area contributed by atoms with E-state index in [-0.39, 0.29) is 0 Å². The van der Waals surface area contributed by atoms with Crippen molar-refractivity contribution in [3.05, 3.63) is 11.6 Å². The fourth-order valence-corrected chi connectivity index (χ4v) is 1.11. The van der Waals surface area contributed by atoms with Crippen LogP contribution in [0, 0.1) is 0 Å². The molecule has 0 aliphatic rings. The number of rotatable bonds is 4. The average Bonchev–Trinajstić information content (AvgIpc) is 2.16. The number of aromatic nitrogens is 3. The number of nitrogens with zero attached hydrogens (tertiary/aromatic N) is 3. The van der Waals surface area contributed by atoms with Gasteiger partial charge in [0, 0.05) is 18.9 Å². The summed E-state index contributed by atoms with van der Waals surface area (Å²) in [5.74, 6) is 2.42. The minimum Gasteiger partial charge on any atom is -0.352 e. The van der Waals surface area contributed by atoms with Gasteiger partial charge in [0.1, 0.15) is 11.6 Å². The van der Waals surface area contributed by atoms with Crippen LogP contribution >= 0.6 is 0 Å². The zero-order valence-electron chi connectivity index (χ0n) is 9.33. The standard InChI is InChI=1S/C10H18N4/c1-5-8-12-9(6-2)14-10(13-8)11-7(3)4/h7H,5-6H2,1-4H3,(H,11,12,13,14). The molecule has 1 aromatic heterocycles. The normalized spacial score (nSPS) is 10.6. The van der Waals surface area contributed by atoms with Crippen molar-refractivity contribution in [3.63, 3.8) is 0 Å². The van der Waals surface area contributed by atoms with E-state index in [0.717, 1.165) is 24.5 Å². The maximum Gasteiger partial charge on any atom is 0.226 e. The molecular formula is C10H18N4. The summed E-state index contributed by atoms with van der Waals surface area (Å²) in [6, 6.07) is 0.354. The molecule has 0 bridgehead atoms. The third-order valence-corrected chi connectivity index (χ3v) is 1.78. The van der Waals surface area contributed by atoms with Gasteiger partial charge in [-0.1, -0.05) is 13.8 Å². The molecule has 0 radical (unpaired) electrons. The molecule has 0 fully saturated rings. The number of hydrogen-bond acceptors (Lipinski definition) is 4. The molecule has 0 saturated heterocycles. The van der Waals surface area contributed by atoms with Crippen LogP contribution in [0.5, 0.6) is 0 Å².